The molecule has 0 amide bonds. The zero-order valence-electron chi connectivity index (χ0n) is 10.5. The highest BCUT2D eigenvalue weighted by Gasteiger charge is 2.18. The lowest BCUT2D eigenvalue weighted by molar-refractivity contribution is 0.233. The average molecular weight is 241 g/mol. The lowest BCUT2D eigenvalue weighted by atomic mass is 9.87. The zero-order chi connectivity index (χ0) is 12.0. The maximum absolute atomic E-state index is 8.84. The Morgan fingerprint density at radius 3 is 2.81 bits per heavy atom. The third kappa shape index (κ3) is 4.64. The fraction of sp³-hybridized carbons (Fsp3) is 0.692. The van der Waals surface area contributed by atoms with Crippen molar-refractivity contribution in [2.24, 2.45) is 5.41 Å². The Morgan fingerprint density at radius 1 is 1.50 bits per heavy atom. The van der Waals surface area contributed by atoms with Crippen molar-refractivity contribution in [3.05, 3.63) is 22.4 Å². The molecule has 0 saturated heterocycles. The third-order valence-corrected chi connectivity index (χ3v) is 3.92. The molecule has 0 fully saturated rings. The summed E-state index contributed by atoms with van der Waals surface area (Å²) in [5.41, 5.74) is 0.258. The van der Waals surface area contributed by atoms with Crippen molar-refractivity contribution in [3.63, 3.8) is 0 Å². The SMILES string of the molecule is CC(NCC(C)(C)CCCO)c1cccs1. The highest BCUT2D eigenvalue weighted by Crippen LogP contribution is 2.24. The molecule has 0 radical (unpaired) electrons. The van der Waals surface area contributed by atoms with E-state index in [1.165, 1.54) is 4.88 Å². The molecule has 1 unspecified atom stereocenters. The Morgan fingerprint density at radius 2 is 2.25 bits per heavy atom. The Bertz CT molecular complexity index is 282. The minimum Gasteiger partial charge on any atom is -0.396 e. The zero-order valence-corrected chi connectivity index (χ0v) is 11.3. The first-order valence-corrected chi connectivity index (χ1v) is 6.81. The van der Waals surface area contributed by atoms with Crippen molar-refractivity contribution in [3.8, 4) is 0 Å². The van der Waals surface area contributed by atoms with Gasteiger partial charge in [-0.1, -0.05) is 19.9 Å². The molecular weight excluding hydrogens is 218 g/mol. The minimum atomic E-state index is 0.258. The molecule has 0 spiro atoms. The molecule has 3 heteroatoms. The molecule has 0 aromatic carbocycles. The number of aliphatic hydroxyl groups is 1. The Labute approximate surface area is 103 Å². The fourth-order valence-electron chi connectivity index (χ4n) is 1.71. The smallest absolute Gasteiger partial charge is 0.0431 e. The van der Waals surface area contributed by atoms with Gasteiger partial charge in [0.2, 0.25) is 0 Å². The van der Waals surface area contributed by atoms with Crippen LogP contribution in [0.25, 0.3) is 0 Å². The molecule has 0 aliphatic rings. The van der Waals surface area contributed by atoms with E-state index in [2.05, 4.69) is 43.6 Å². The number of rotatable bonds is 7. The molecule has 16 heavy (non-hydrogen) atoms. The Hall–Kier alpha value is -0.380. The maximum atomic E-state index is 8.84. The fourth-order valence-corrected chi connectivity index (χ4v) is 2.47. The van der Waals surface area contributed by atoms with Gasteiger partial charge in [-0.3, -0.25) is 0 Å². The van der Waals surface area contributed by atoms with Crippen LogP contribution < -0.4 is 5.32 Å². The molecule has 1 aromatic heterocycles. The summed E-state index contributed by atoms with van der Waals surface area (Å²) in [7, 11) is 0. The summed E-state index contributed by atoms with van der Waals surface area (Å²) >= 11 is 1.80. The minimum absolute atomic E-state index is 0.258. The van der Waals surface area contributed by atoms with E-state index in [1.807, 2.05) is 0 Å². The van der Waals surface area contributed by atoms with Gasteiger partial charge in [0.15, 0.2) is 0 Å². The van der Waals surface area contributed by atoms with Crippen LogP contribution in [0, 0.1) is 5.41 Å². The summed E-state index contributed by atoms with van der Waals surface area (Å²) in [6, 6.07) is 4.69. The Balaban J connectivity index is 2.33. The van der Waals surface area contributed by atoms with Gasteiger partial charge in [-0.05, 0) is 36.6 Å². The molecule has 0 bridgehead atoms. The summed E-state index contributed by atoms with van der Waals surface area (Å²) in [6.07, 6.45) is 1.95. The van der Waals surface area contributed by atoms with E-state index in [4.69, 9.17) is 5.11 Å². The molecule has 1 aromatic rings. The second-order valence-corrected chi connectivity index (χ2v) is 6.09. The second-order valence-electron chi connectivity index (χ2n) is 5.11. The molecule has 0 aliphatic carbocycles. The molecule has 1 heterocycles. The first-order chi connectivity index (χ1) is 7.55. The molecule has 0 saturated carbocycles. The maximum Gasteiger partial charge on any atom is 0.0431 e. The van der Waals surface area contributed by atoms with E-state index in [9.17, 15) is 0 Å². The summed E-state index contributed by atoms with van der Waals surface area (Å²) in [6.45, 7) is 7.98. The molecule has 0 aliphatic heterocycles. The number of nitrogens with one attached hydrogen (secondary N) is 1. The predicted octanol–water partition coefficient (Wildman–Crippen LogP) is 3.20. The number of thiophene rings is 1. The van der Waals surface area contributed by atoms with Gasteiger partial charge in [0.25, 0.3) is 0 Å². The lowest BCUT2D eigenvalue weighted by Crippen LogP contribution is -2.31. The van der Waals surface area contributed by atoms with Gasteiger partial charge in [-0.15, -0.1) is 11.3 Å². The second kappa shape index (κ2) is 6.38. The van der Waals surface area contributed by atoms with Crippen molar-refractivity contribution >= 4 is 11.3 Å². The van der Waals surface area contributed by atoms with Crippen molar-refractivity contribution in [2.75, 3.05) is 13.2 Å². The predicted molar refractivity (Wildman–Crippen MR) is 70.8 cm³/mol. The van der Waals surface area contributed by atoms with Gasteiger partial charge in [0.1, 0.15) is 0 Å². The monoisotopic (exact) mass is 241 g/mol. The van der Waals surface area contributed by atoms with Crippen LogP contribution in [0.5, 0.6) is 0 Å². The molecule has 92 valence electrons. The Kier molecular flexibility index (Phi) is 5.46. The van der Waals surface area contributed by atoms with E-state index in [0.29, 0.717) is 12.6 Å². The van der Waals surface area contributed by atoms with E-state index in [1.54, 1.807) is 11.3 Å². The van der Waals surface area contributed by atoms with Gasteiger partial charge in [0.05, 0.1) is 0 Å². The van der Waals surface area contributed by atoms with E-state index in [0.717, 1.165) is 19.4 Å². The largest absolute Gasteiger partial charge is 0.396 e. The topological polar surface area (TPSA) is 32.3 Å². The molecule has 1 rings (SSSR count). The van der Waals surface area contributed by atoms with Gasteiger partial charge in [0, 0.05) is 24.1 Å². The first-order valence-electron chi connectivity index (χ1n) is 5.93. The van der Waals surface area contributed by atoms with Crippen LogP contribution in [0.3, 0.4) is 0 Å². The average Bonchev–Trinajstić information content (AvgIpc) is 2.77. The van der Waals surface area contributed by atoms with Crippen LogP contribution >= 0.6 is 11.3 Å². The van der Waals surface area contributed by atoms with Crippen molar-refractivity contribution < 1.29 is 5.11 Å². The highest BCUT2D eigenvalue weighted by molar-refractivity contribution is 7.10. The number of hydrogen-bond donors (Lipinski definition) is 2. The molecular formula is C13H23NOS. The van der Waals surface area contributed by atoms with Crippen molar-refractivity contribution in [1.29, 1.82) is 0 Å². The molecule has 2 N–H and O–H groups in total. The van der Waals surface area contributed by atoms with E-state index in [-0.39, 0.29) is 5.41 Å². The van der Waals surface area contributed by atoms with E-state index < -0.39 is 0 Å². The molecule has 1 atom stereocenters. The quantitative estimate of drug-likeness (QED) is 0.768. The number of aliphatic hydroxyl groups excluding tert-OH is 1. The van der Waals surface area contributed by atoms with Gasteiger partial charge < -0.3 is 10.4 Å². The van der Waals surface area contributed by atoms with Crippen LogP contribution in [0.15, 0.2) is 17.5 Å². The first kappa shape index (κ1) is 13.7. The summed E-state index contributed by atoms with van der Waals surface area (Å²) in [4.78, 5) is 1.39. The van der Waals surface area contributed by atoms with Crippen LogP contribution in [-0.4, -0.2) is 18.3 Å². The van der Waals surface area contributed by atoms with Gasteiger partial charge in [-0.25, -0.2) is 0 Å². The summed E-state index contributed by atoms with van der Waals surface area (Å²) in [5, 5.41) is 14.5. The van der Waals surface area contributed by atoms with Crippen LogP contribution in [0.4, 0.5) is 0 Å². The van der Waals surface area contributed by atoms with E-state index >= 15 is 0 Å². The van der Waals surface area contributed by atoms with Crippen molar-refractivity contribution in [1.82, 2.24) is 5.32 Å². The van der Waals surface area contributed by atoms with Crippen LogP contribution in [-0.2, 0) is 0 Å². The highest BCUT2D eigenvalue weighted by atomic mass is 32.1. The lowest BCUT2D eigenvalue weighted by Gasteiger charge is -2.26. The summed E-state index contributed by atoms with van der Waals surface area (Å²) < 4.78 is 0. The normalized spacial score (nSPS) is 14.0. The van der Waals surface area contributed by atoms with Crippen molar-refractivity contribution in [2.45, 2.75) is 39.7 Å². The van der Waals surface area contributed by atoms with Gasteiger partial charge >= 0.3 is 0 Å². The summed E-state index contributed by atoms with van der Waals surface area (Å²) in [5.74, 6) is 0. The standard InChI is InChI=1S/C13H23NOS/c1-11(12-6-4-9-16-12)14-10-13(2,3)7-5-8-15/h4,6,9,11,14-15H,5,7-8,10H2,1-3H3. The molecule has 2 nitrogen and oxygen atoms in total. The number of hydrogen-bond acceptors (Lipinski definition) is 3. The van der Waals surface area contributed by atoms with Crippen LogP contribution in [0.1, 0.15) is 44.5 Å². The van der Waals surface area contributed by atoms with Crippen LogP contribution in [0.2, 0.25) is 0 Å². The van der Waals surface area contributed by atoms with Gasteiger partial charge in [-0.2, -0.15) is 0 Å². The third-order valence-electron chi connectivity index (χ3n) is 2.87.